The van der Waals surface area contributed by atoms with Crippen LogP contribution in [0.25, 0.3) is 38.5 Å². The SMILES string of the molecule is Cc1ccnc2c3cccc(C)c3n3c4ccccc4[n+](C)c3c12. The predicted octanol–water partition coefficient (Wildman–Crippen LogP) is 4.24. The summed E-state index contributed by atoms with van der Waals surface area (Å²) in [5.41, 5.74) is 8.53. The Hall–Kier alpha value is -2.94. The first-order valence-electron chi connectivity index (χ1n) is 8.24. The summed E-state index contributed by atoms with van der Waals surface area (Å²) in [6.07, 6.45) is 1.92. The van der Waals surface area contributed by atoms with E-state index >= 15 is 0 Å². The Balaban J connectivity index is 2.32. The number of aromatic nitrogens is 3. The first kappa shape index (κ1) is 13.5. The van der Waals surface area contributed by atoms with E-state index in [0.717, 1.165) is 5.52 Å². The van der Waals surface area contributed by atoms with Crippen LogP contribution in [0.2, 0.25) is 0 Å². The van der Waals surface area contributed by atoms with Gasteiger partial charge in [0, 0.05) is 11.6 Å². The predicted molar refractivity (Wildman–Crippen MR) is 98.4 cm³/mol. The largest absolute Gasteiger partial charge is 0.297 e. The summed E-state index contributed by atoms with van der Waals surface area (Å²) in [6, 6.07) is 17.2. The van der Waals surface area contributed by atoms with Crippen LogP contribution in [0.4, 0.5) is 0 Å². The average Bonchev–Trinajstić information content (AvgIpc) is 2.89. The summed E-state index contributed by atoms with van der Waals surface area (Å²) < 4.78 is 4.69. The van der Waals surface area contributed by atoms with E-state index in [1.807, 2.05) is 6.20 Å². The van der Waals surface area contributed by atoms with E-state index in [-0.39, 0.29) is 0 Å². The Labute approximate surface area is 139 Å². The van der Waals surface area contributed by atoms with Gasteiger partial charge in [-0.3, -0.25) is 4.98 Å². The lowest BCUT2D eigenvalue weighted by Gasteiger charge is -2.07. The summed E-state index contributed by atoms with van der Waals surface area (Å²) in [5, 5.41) is 2.44. The lowest BCUT2D eigenvalue weighted by atomic mass is 10.0. The van der Waals surface area contributed by atoms with Gasteiger partial charge in [-0.1, -0.05) is 24.3 Å². The van der Waals surface area contributed by atoms with Crippen molar-refractivity contribution in [3.8, 4) is 0 Å². The highest BCUT2D eigenvalue weighted by atomic mass is 15.1. The quantitative estimate of drug-likeness (QED) is 0.309. The first-order chi connectivity index (χ1) is 11.7. The molecule has 0 fully saturated rings. The van der Waals surface area contributed by atoms with Crippen LogP contribution in [0.1, 0.15) is 11.1 Å². The smallest absolute Gasteiger partial charge is 0.255 e. The molecule has 24 heavy (non-hydrogen) atoms. The van der Waals surface area contributed by atoms with Crippen LogP contribution in [0.5, 0.6) is 0 Å². The van der Waals surface area contributed by atoms with Crippen molar-refractivity contribution in [2.75, 3.05) is 0 Å². The summed E-state index contributed by atoms with van der Waals surface area (Å²) in [4.78, 5) is 4.75. The lowest BCUT2D eigenvalue weighted by Crippen LogP contribution is -2.27. The molecule has 5 rings (SSSR count). The van der Waals surface area contributed by atoms with Crippen LogP contribution in [0.15, 0.2) is 54.7 Å². The topological polar surface area (TPSA) is 21.2 Å². The molecule has 0 radical (unpaired) electrons. The maximum atomic E-state index is 4.75. The minimum Gasteiger partial charge on any atom is -0.255 e. The molecular formula is C21H18N3+. The second-order valence-electron chi connectivity index (χ2n) is 6.53. The highest BCUT2D eigenvalue weighted by molar-refractivity contribution is 6.12. The number of pyridine rings is 2. The molecule has 0 saturated carbocycles. The fourth-order valence-electron chi connectivity index (χ4n) is 4.01. The highest BCUT2D eigenvalue weighted by Gasteiger charge is 2.25. The maximum Gasteiger partial charge on any atom is 0.297 e. The van der Waals surface area contributed by atoms with Crippen LogP contribution in [0, 0.1) is 13.8 Å². The van der Waals surface area contributed by atoms with Crippen molar-refractivity contribution in [3.63, 3.8) is 0 Å². The second-order valence-corrected chi connectivity index (χ2v) is 6.53. The molecule has 0 unspecified atom stereocenters. The van der Waals surface area contributed by atoms with E-state index < -0.39 is 0 Å². The number of para-hydroxylation sites is 3. The van der Waals surface area contributed by atoms with Gasteiger partial charge in [-0.25, -0.2) is 4.57 Å². The molecule has 3 aromatic heterocycles. The van der Waals surface area contributed by atoms with E-state index in [1.54, 1.807) is 0 Å². The Morgan fingerprint density at radius 2 is 1.75 bits per heavy atom. The zero-order valence-corrected chi connectivity index (χ0v) is 14.0. The molecule has 2 aromatic carbocycles. The normalized spacial score (nSPS) is 12.0. The van der Waals surface area contributed by atoms with Gasteiger partial charge in [0.05, 0.1) is 18.0 Å². The molecule has 0 spiro atoms. The minimum atomic E-state index is 1.08. The zero-order chi connectivity index (χ0) is 16.4. The number of aryl methyl sites for hydroxylation is 3. The van der Waals surface area contributed by atoms with E-state index in [0.29, 0.717) is 0 Å². The number of nitrogens with zero attached hydrogens (tertiary/aromatic N) is 3. The minimum absolute atomic E-state index is 1.08. The standard InChI is InChI=1S/C21H18N3/c1-13-11-12-22-19-15-8-6-7-14(2)20(15)24-17-10-5-4-9-16(17)23(3)21(24)18(13)19/h4-12H,1-3H3/q+1. The molecule has 0 N–H and O–H groups in total. The summed E-state index contributed by atoms with van der Waals surface area (Å²) in [6.45, 7) is 4.35. The molecular weight excluding hydrogens is 294 g/mol. The van der Waals surface area contributed by atoms with E-state index in [2.05, 4.69) is 78.4 Å². The van der Waals surface area contributed by atoms with Crippen molar-refractivity contribution < 1.29 is 4.57 Å². The van der Waals surface area contributed by atoms with Crippen molar-refractivity contribution in [1.82, 2.24) is 9.38 Å². The van der Waals surface area contributed by atoms with Crippen molar-refractivity contribution in [1.29, 1.82) is 0 Å². The van der Waals surface area contributed by atoms with Gasteiger partial charge in [0.2, 0.25) is 0 Å². The molecule has 3 nitrogen and oxygen atoms in total. The molecule has 116 valence electrons. The van der Waals surface area contributed by atoms with Gasteiger partial charge in [-0.15, -0.1) is 0 Å². The van der Waals surface area contributed by atoms with Gasteiger partial charge in [0.25, 0.3) is 5.65 Å². The molecule has 0 amide bonds. The van der Waals surface area contributed by atoms with Gasteiger partial charge >= 0.3 is 0 Å². The van der Waals surface area contributed by atoms with Gasteiger partial charge < -0.3 is 0 Å². The average molecular weight is 312 g/mol. The monoisotopic (exact) mass is 312 g/mol. The Kier molecular flexibility index (Phi) is 2.55. The molecule has 0 aliphatic rings. The van der Waals surface area contributed by atoms with Crippen LogP contribution in [-0.4, -0.2) is 9.38 Å². The Morgan fingerprint density at radius 3 is 2.62 bits per heavy atom. The van der Waals surface area contributed by atoms with Crippen LogP contribution in [0.3, 0.4) is 0 Å². The van der Waals surface area contributed by atoms with E-state index in [9.17, 15) is 0 Å². The number of imidazole rings is 1. The van der Waals surface area contributed by atoms with Crippen LogP contribution < -0.4 is 4.57 Å². The van der Waals surface area contributed by atoms with Crippen LogP contribution in [-0.2, 0) is 7.05 Å². The summed E-state index contributed by atoms with van der Waals surface area (Å²) in [7, 11) is 2.15. The maximum absolute atomic E-state index is 4.75. The van der Waals surface area contributed by atoms with Crippen molar-refractivity contribution in [2.24, 2.45) is 7.05 Å². The lowest BCUT2D eigenvalue weighted by molar-refractivity contribution is -0.617. The Bertz CT molecular complexity index is 1280. The third kappa shape index (κ3) is 1.51. The molecule has 0 aliphatic heterocycles. The third-order valence-electron chi connectivity index (χ3n) is 5.11. The number of hydrogen-bond acceptors (Lipinski definition) is 1. The molecule has 0 atom stereocenters. The molecule has 0 bridgehead atoms. The van der Waals surface area contributed by atoms with E-state index in [4.69, 9.17) is 4.98 Å². The van der Waals surface area contributed by atoms with Crippen LogP contribution >= 0.6 is 0 Å². The first-order valence-corrected chi connectivity index (χ1v) is 8.24. The number of rotatable bonds is 0. The van der Waals surface area contributed by atoms with Gasteiger partial charge in [-0.2, -0.15) is 4.40 Å². The second kappa shape index (κ2) is 4.54. The van der Waals surface area contributed by atoms with Crippen molar-refractivity contribution >= 4 is 38.5 Å². The number of hydrogen-bond donors (Lipinski definition) is 0. The Morgan fingerprint density at radius 1 is 0.917 bits per heavy atom. The van der Waals surface area contributed by atoms with Gasteiger partial charge in [0.15, 0.2) is 11.0 Å². The fourth-order valence-corrected chi connectivity index (χ4v) is 4.01. The number of fused-ring (bicyclic) bond motifs is 8. The fraction of sp³-hybridized carbons (Fsp3) is 0.143. The number of benzene rings is 2. The zero-order valence-electron chi connectivity index (χ0n) is 14.0. The summed E-state index contributed by atoms with van der Waals surface area (Å²) in [5.74, 6) is 0. The van der Waals surface area contributed by atoms with Gasteiger partial charge in [-0.05, 0) is 49.2 Å². The molecule has 0 saturated heterocycles. The molecule has 5 aromatic rings. The van der Waals surface area contributed by atoms with Crippen molar-refractivity contribution in [2.45, 2.75) is 13.8 Å². The van der Waals surface area contributed by atoms with E-state index in [1.165, 1.54) is 44.1 Å². The molecule has 3 heterocycles. The van der Waals surface area contributed by atoms with Gasteiger partial charge in [0.1, 0.15) is 5.52 Å². The molecule has 0 aliphatic carbocycles. The van der Waals surface area contributed by atoms with Crippen molar-refractivity contribution in [3.05, 3.63) is 65.9 Å². The summed E-state index contributed by atoms with van der Waals surface area (Å²) >= 11 is 0. The molecule has 3 heteroatoms. The third-order valence-corrected chi connectivity index (χ3v) is 5.11. The highest BCUT2D eigenvalue weighted by Crippen LogP contribution is 2.32.